The standard InChI is InChI=1S/C47H31N5O2/c1-28-17-20-38-40(23-28)53-42-26-33(27-43-44(42)51(38)39-21-18-29(2)24-41(39)54-43)32-19-22-37-35(25-32)34-15-9-10-16-36(34)52(37)47-49-45(30-11-5-3-6-12-30)48-46(50-47)31-13-7-4-8-14-31/h3-27H,1-2H3. The van der Waals surface area contributed by atoms with Crippen molar-refractivity contribution < 1.29 is 9.47 Å². The van der Waals surface area contributed by atoms with E-state index in [1.807, 2.05) is 60.7 Å². The van der Waals surface area contributed by atoms with E-state index in [-0.39, 0.29) is 0 Å². The quantitative estimate of drug-likeness (QED) is 0.182. The first-order valence-electron chi connectivity index (χ1n) is 18.0. The van der Waals surface area contributed by atoms with Crippen molar-refractivity contribution in [1.82, 2.24) is 19.5 Å². The number of hydrogen-bond acceptors (Lipinski definition) is 6. The molecule has 2 aromatic heterocycles. The normalized spacial score (nSPS) is 12.5. The minimum atomic E-state index is 0.560. The number of nitrogens with zero attached hydrogens (tertiary/aromatic N) is 5. The highest BCUT2D eigenvalue weighted by Crippen LogP contribution is 2.60. The Balaban J connectivity index is 1.10. The van der Waals surface area contributed by atoms with Crippen LogP contribution < -0.4 is 14.4 Å². The molecule has 0 radical (unpaired) electrons. The molecule has 4 heterocycles. The Labute approximate surface area is 311 Å². The Hall–Kier alpha value is -7.25. The lowest BCUT2D eigenvalue weighted by Gasteiger charge is -2.38. The first-order chi connectivity index (χ1) is 26.6. The fourth-order valence-corrected chi connectivity index (χ4v) is 7.77. The zero-order valence-corrected chi connectivity index (χ0v) is 29.5. The summed E-state index contributed by atoms with van der Waals surface area (Å²) in [4.78, 5) is 17.4. The molecule has 0 saturated carbocycles. The zero-order valence-electron chi connectivity index (χ0n) is 29.5. The summed E-state index contributed by atoms with van der Waals surface area (Å²) in [5, 5.41) is 2.19. The van der Waals surface area contributed by atoms with Crippen molar-refractivity contribution in [2.45, 2.75) is 13.8 Å². The number of rotatable bonds is 4. The van der Waals surface area contributed by atoms with E-state index in [0.717, 1.165) is 95.2 Å². The average Bonchev–Trinajstić information content (AvgIpc) is 3.54. The Bertz CT molecular complexity index is 2840. The third-order valence-electron chi connectivity index (χ3n) is 10.3. The van der Waals surface area contributed by atoms with Gasteiger partial charge in [-0.2, -0.15) is 9.97 Å². The molecule has 0 amide bonds. The molecule has 0 N–H and O–H groups in total. The molecule has 2 aliphatic rings. The van der Waals surface area contributed by atoms with E-state index in [4.69, 9.17) is 24.4 Å². The van der Waals surface area contributed by atoms with Crippen molar-refractivity contribution in [3.8, 4) is 62.8 Å². The first kappa shape index (κ1) is 30.4. The van der Waals surface area contributed by atoms with Gasteiger partial charge >= 0.3 is 0 Å². The fraction of sp³-hybridized carbons (Fsp3) is 0.0426. The maximum atomic E-state index is 6.67. The second-order valence-corrected chi connectivity index (χ2v) is 13.9. The predicted molar refractivity (Wildman–Crippen MR) is 215 cm³/mol. The second-order valence-electron chi connectivity index (χ2n) is 13.9. The zero-order chi connectivity index (χ0) is 35.9. The fourth-order valence-electron chi connectivity index (χ4n) is 7.77. The van der Waals surface area contributed by atoms with E-state index in [1.54, 1.807) is 0 Å². The molecule has 0 unspecified atom stereocenters. The number of hydrogen-bond donors (Lipinski definition) is 0. The van der Waals surface area contributed by atoms with Crippen molar-refractivity contribution in [2.24, 2.45) is 0 Å². The number of aromatic nitrogens is 4. The van der Waals surface area contributed by atoms with Gasteiger partial charge < -0.3 is 9.47 Å². The molecule has 0 bridgehead atoms. The average molecular weight is 698 g/mol. The summed E-state index contributed by atoms with van der Waals surface area (Å²) in [6.45, 7) is 4.18. The molecule has 0 fully saturated rings. The van der Waals surface area contributed by atoms with Crippen LogP contribution in [-0.2, 0) is 0 Å². The van der Waals surface area contributed by atoms with Crippen LogP contribution in [0.2, 0.25) is 0 Å². The minimum absolute atomic E-state index is 0.560. The number of aryl methyl sites for hydroxylation is 2. The van der Waals surface area contributed by atoms with Crippen LogP contribution in [0.1, 0.15) is 11.1 Å². The van der Waals surface area contributed by atoms with Gasteiger partial charge in [0.1, 0.15) is 5.69 Å². The monoisotopic (exact) mass is 697 g/mol. The van der Waals surface area contributed by atoms with Gasteiger partial charge in [0.25, 0.3) is 0 Å². The molecule has 0 aliphatic carbocycles. The van der Waals surface area contributed by atoms with Crippen LogP contribution in [0.15, 0.2) is 152 Å². The van der Waals surface area contributed by atoms with Gasteiger partial charge in [0.2, 0.25) is 5.95 Å². The van der Waals surface area contributed by atoms with Crippen LogP contribution in [0.4, 0.5) is 17.1 Å². The third-order valence-corrected chi connectivity index (χ3v) is 10.3. The molecule has 0 atom stereocenters. The molecule has 9 aromatic rings. The second kappa shape index (κ2) is 11.6. The molecule has 2 aliphatic heterocycles. The minimum Gasteiger partial charge on any atom is -0.453 e. The lowest BCUT2D eigenvalue weighted by molar-refractivity contribution is 0.446. The number of benzene rings is 7. The highest BCUT2D eigenvalue weighted by atomic mass is 16.5. The molecule has 0 spiro atoms. The van der Waals surface area contributed by atoms with Crippen molar-refractivity contribution >= 4 is 38.9 Å². The summed E-state index contributed by atoms with van der Waals surface area (Å²) >= 11 is 0. The van der Waals surface area contributed by atoms with E-state index in [1.165, 1.54) is 0 Å². The summed E-state index contributed by atoms with van der Waals surface area (Å²) in [5.41, 5.74) is 11.1. The van der Waals surface area contributed by atoms with Gasteiger partial charge in [-0.25, -0.2) is 4.98 Å². The first-order valence-corrected chi connectivity index (χ1v) is 18.0. The van der Waals surface area contributed by atoms with E-state index < -0.39 is 0 Å². The predicted octanol–water partition coefficient (Wildman–Crippen LogP) is 12.3. The van der Waals surface area contributed by atoms with Gasteiger partial charge in [-0.05, 0) is 90.7 Å². The molecular weight excluding hydrogens is 667 g/mol. The summed E-state index contributed by atoms with van der Waals surface area (Å²) in [7, 11) is 0. The molecule has 54 heavy (non-hydrogen) atoms. The Morgan fingerprint density at radius 1 is 0.426 bits per heavy atom. The summed E-state index contributed by atoms with van der Waals surface area (Å²) in [6, 6.07) is 52.1. The molecule has 11 rings (SSSR count). The van der Waals surface area contributed by atoms with E-state index in [9.17, 15) is 0 Å². The molecule has 7 nitrogen and oxygen atoms in total. The lowest BCUT2D eigenvalue weighted by Crippen LogP contribution is -2.20. The van der Waals surface area contributed by atoms with Gasteiger partial charge in [-0.15, -0.1) is 0 Å². The van der Waals surface area contributed by atoms with E-state index in [2.05, 4.69) is 114 Å². The van der Waals surface area contributed by atoms with Crippen LogP contribution in [-0.4, -0.2) is 19.5 Å². The van der Waals surface area contributed by atoms with Crippen LogP contribution in [0.25, 0.3) is 61.7 Å². The largest absolute Gasteiger partial charge is 0.453 e. The summed E-state index contributed by atoms with van der Waals surface area (Å²) < 4.78 is 15.5. The molecule has 256 valence electrons. The van der Waals surface area contributed by atoms with Gasteiger partial charge in [0.05, 0.1) is 22.4 Å². The number of ether oxygens (including phenoxy) is 2. The van der Waals surface area contributed by atoms with Crippen LogP contribution in [0, 0.1) is 13.8 Å². The topological polar surface area (TPSA) is 65.3 Å². The summed E-state index contributed by atoms with van der Waals surface area (Å²) in [6.07, 6.45) is 0. The van der Waals surface area contributed by atoms with Gasteiger partial charge in [0, 0.05) is 21.9 Å². The molecular formula is C47H31N5O2. The molecule has 7 aromatic carbocycles. The van der Waals surface area contributed by atoms with Crippen LogP contribution in [0.5, 0.6) is 23.0 Å². The number of para-hydroxylation sites is 1. The number of fused-ring (bicyclic) bond motifs is 7. The van der Waals surface area contributed by atoms with E-state index >= 15 is 0 Å². The van der Waals surface area contributed by atoms with Crippen molar-refractivity contribution in [3.63, 3.8) is 0 Å². The molecule has 7 heteroatoms. The number of anilines is 3. The van der Waals surface area contributed by atoms with Crippen LogP contribution in [0.3, 0.4) is 0 Å². The lowest BCUT2D eigenvalue weighted by atomic mass is 9.99. The third kappa shape index (κ3) is 4.72. The van der Waals surface area contributed by atoms with Crippen molar-refractivity contribution in [2.75, 3.05) is 4.90 Å². The van der Waals surface area contributed by atoms with Gasteiger partial charge in [0.15, 0.2) is 34.6 Å². The smallest absolute Gasteiger partial charge is 0.238 e. The maximum Gasteiger partial charge on any atom is 0.238 e. The SMILES string of the molecule is Cc1ccc2c(c1)Oc1cc(-c3ccc4c(c3)c3ccccc3n4-c3nc(-c4ccccc4)nc(-c4ccccc4)n3)cc3c1N2c1ccc(C)cc1O3. The maximum absolute atomic E-state index is 6.67. The Morgan fingerprint density at radius 3 is 1.59 bits per heavy atom. The highest BCUT2D eigenvalue weighted by molar-refractivity contribution is 6.10. The Morgan fingerprint density at radius 2 is 0.981 bits per heavy atom. The van der Waals surface area contributed by atoms with Crippen molar-refractivity contribution in [1.29, 1.82) is 0 Å². The summed E-state index contributed by atoms with van der Waals surface area (Å²) in [5.74, 6) is 4.94. The van der Waals surface area contributed by atoms with E-state index in [0.29, 0.717) is 17.6 Å². The van der Waals surface area contributed by atoms with Crippen LogP contribution >= 0.6 is 0 Å². The van der Waals surface area contributed by atoms with Gasteiger partial charge in [-0.3, -0.25) is 9.47 Å². The Kier molecular flexibility index (Phi) is 6.54. The van der Waals surface area contributed by atoms with Gasteiger partial charge in [-0.1, -0.05) is 97.1 Å². The van der Waals surface area contributed by atoms with Crippen molar-refractivity contribution in [3.05, 3.63) is 163 Å². The molecule has 0 saturated heterocycles. The highest BCUT2D eigenvalue weighted by Gasteiger charge is 2.35.